The normalized spacial score (nSPS) is 16.5. The molecule has 3 rings (SSSR count). The van der Waals surface area contributed by atoms with E-state index in [2.05, 4.69) is 5.32 Å². The van der Waals surface area contributed by atoms with Gasteiger partial charge in [0.1, 0.15) is 11.9 Å². The number of anilines is 1. The minimum Gasteiger partial charge on any atom is -0.370 e. The second-order valence-corrected chi connectivity index (χ2v) is 6.34. The number of ether oxygens (including phenoxy) is 1. The summed E-state index contributed by atoms with van der Waals surface area (Å²) in [4.78, 5) is 26.1. The van der Waals surface area contributed by atoms with Crippen molar-refractivity contribution in [2.24, 2.45) is 0 Å². The number of halogens is 2. The fraction of sp³-hybridized carbons (Fsp3) is 0.211. The van der Waals surface area contributed by atoms with E-state index in [9.17, 15) is 14.0 Å². The van der Waals surface area contributed by atoms with Gasteiger partial charge in [-0.15, -0.1) is 0 Å². The lowest BCUT2D eigenvalue weighted by Crippen LogP contribution is -2.46. The van der Waals surface area contributed by atoms with Gasteiger partial charge in [0.15, 0.2) is 0 Å². The number of rotatable bonds is 2. The van der Waals surface area contributed by atoms with Crippen molar-refractivity contribution >= 4 is 29.1 Å². The molecule has 1 saturated heterocycles. The number of benzene rings is 2. The smallest absolute Gasteiger partial charge is 0.313 e. The Morgan fingerprint density at radius 3 is 2.85 bits per heavy atom. The monoisotopic (exact) mass is 387 g/mol. The fourth-order valence-electron chi connectivity index (χ4n) is 2.74. The third-order valence-electron chi connectivity index (χ3n) is 4.11. The van der Waals surface area contributed by atoms with Crippen LogP contribution in [0.2, 0.25) is 5.02 Å². The van der Waals surface area contributed by atoms with Gasteiger partial charge in [-0.25, -0.2) is 4.39 Å². The quantitative estimate of drug-likeness (QED) is 0.803. The first-order valence-electron chi connectivity index (χ1n) is 8.15. The van der Waals surface area contributed by atoms with E-state index >= 15 is 0 Å². The minimum atomic E-state index is -0.803. The number of nitrogens with zero attached hydrogens (tertiary/aromatic N) is 2. The van der Waals surface area contributed by atoms with Crippen molar-refractivity contribution < 1.29 is 18.7 Å². The topological polar surface area (TPSA) is 82.4 Å². The Bertz CT molecular complexity index is 929. The zero-order chi connectivity index (χ0) is 19.4. The van der Waals surface area contributed by atoms with E-state index in [4.69, 9.17) is 21.6 Å². The van der Waals surface area contributed by atoms with Crippen LogP contribution in [0.15, 0.2) is 42.5 Å². The van der Waals surface area contributed by atoms with Crippen LogP contribution < -0.4 is 5.32 Å². The summed E-state index contributed by atoms with van der Waals surface area (Å²) in [6, 6.07) is 12.5. The number of hydrogen-bond donors (Lipinski definition) is 1. The third-order valence-corrected chi connectivity index (χ3v) is 4.40. The van der Waals surface area contributed by atoms with E-state index in [1.807, 2.05) is 6.07 Å². The number of morpholine rings is 1. The van der Waals surface area contributed by atoms with Gasteiger partial charge in [-0.1, -0.05) is 23.7 Å². The molecule has 2 aromatic rings. The Kier molecular flexibility index (Phi) is 5.69. The molecular weight excluding hydrogens is 373 g/mol. The minimum absolute atomic E-state index is 0.0327. The molecule has 138 valence electrons. The van der Waals surface area contributed by atoms with E-state index in [1.165, 1.54) is 29.2 Å². The molecule has 1 heterocycles. The molecule has 0 radical (unpaired) electrons. The fourth-order valence-corrected chi connectivity index (χ4v) is 2.93. The molecule has 1 N–H and O–H groups in total. The van der Waals surface area contributed by atoms with Crippen LogP contribution in [0.5, 0.6) is 0 Å². The maximum atomic E-state index is 13.3. The summed E-state index contributed by atoms with van der Waals surface area (Å²) in [6.45, 7) is 0.644. The molecule has 1 fully saturated rings. The van der Waals surface area contributed by atoms with Crippen LogP contribution >= 0.6 is 11.6 Å². The predicted molar refractivity (Wildman–Crippen MR) is 96.5 cm³/mol. The Balaban J connectivity index is 1.67. The molecule has 1 aliphatic heterocycles. The zero-order valence-electron chi connectivity index (χ0n) is 14.1. The van der Waals surface area contributed by atoms with Gasteiger partial charge in [0.05, 0.1) is 29.8 Å². The molecule has 0 unspecified atom stereocenters. The lowest BCUT2D eigenvalue weighted by Gasteiger charge is -2.32. The molecule has 0 bridgehead atoms. The second kappa shape index (κ2) is 8.16. The van der Waals surface area contributed by atoms with Crippen molar-refractivity contribution in [3.05, 3.63) is 64.4 Å². The first-order valence-corrected chi connectivity index (χ1v) is 8.52. The number of nitrogens with one attached hydrogen (secondary N) is 1. The summed E-state index contributed by atoms with van der Waals surface area (Å²) in [7, 11) is 0. The summed E-state index contributed by atoms with van der Waals surface area (Å²) in [5.41, 5.74) is 1.36. The first-order chi connectivity index (χ1) is 13.0. The van der Waals surface area contributed by atoms with Gasteiger partial charge >= 0.3 is 11.8 Å². The molecular formula is C19H15ClFN3O3. The number of nitriles is 1. The van der Waals surface area contributed by atoms with E-state index in [0.29, 0.717) is 16.8 Å². The van der Waals surface area contributed by atoms with E-state index in [1.54, 1.807) is 18.2 Å². The van der Waals surface area contributed by atoms with Gasteiger partial charge in [0.2, 0.25) is 0 Å². The van der Waals surface area contributed by atoms with Crippen LogP contribution in [-0.2, 0) is 14.3 Å². The molecule has 0 spiro atoms. The Hall–Kier alpha value is -2.95. The molecule has 0 aromatic heterocycles. The Morgan fingerprint density at radius 1 is 1.30 bits per heavy atom. The Morgan fingerprint density at radius 2 is 2.11 bits per heavy atom. The van der Waals surface area contributed by atoms with Gasteiger partial charge in [-0.05, 0) is 35.9 Å². The third kappa shape index (κ3) is 4.42. The Labute approximate surface area is 160 Å². The lowest BCUT2D eigenvalue weighted by atomic mass is 10.1. The molecule has 2 aromatic carbocycles. The first kappa shape index (κ1) is 18.8. The van der Waals surface area contributed by atoms with Crippen LogP contribution in [0, 0.1) is 17.1 Å². The molecule has 0 aliphatic carbocycles. The highest BCUT2D eigenvalue weighted by Crippen LogP contribution is 2.26. The van der Waals surface area contributed by atoms with Crippen molar-refractivity contribution in [1.82, 2.24) is 4.90 Å². The van der Waals surface area contributed by atoms with Gasteiger partial charge in [0.25, 0.3) is 0 Å². The number of hydrogen-bond acceptors (Lipinski definition) is 4. The van der Waals surface area contributed by atoms with Crippen molar-refractivity contribution in [3.63, 3.8) is 0 Å². The van der Waals surface area contributed by atoms with Crippen LogP contribution in [0.1, 0.15) is 17.2 Å². The lowest BCUT2D eigenvalue weighted by molar-refractivity contribution is -0.148. The number of carbonyl (C=O) groups excluding carboxylic acids is 2. The summed E-state index contributed by atoms with van der Waals surface area (Å²) in [5, 5.41) is 11.4. The van der Waals surface area contributed by atoms with E-state index < -0.39 is 23.7 Å². The van der Waals surface area contributed by atoms with Gasteiger partial charge < -0.3 is 15.0 Å². The molecule has 0 saturated carbocycles. The zero-order valence-corrected chi connectivity index (χ0v) is 14.9. The highest BCUT2D eigenvalue weighted by molar-refractivity contribution is 6.39. The summed E-state index contributed by atoms with van der Waals surface area (Å²) in [5.74, 6) is -2.05. The maximum Gasteiger partial charge on any atom is 0.313 e. The predicted octanol–water partition coefficient (Wildman–Crippen LogP) is 2.89. The van der Waals surface area contributed by atoms with Gasteiger partial charge in [-0.3, -0.25) is 9.59 Å². The van der Waals surface area contributed by atoms with Crippen LogP contribution in [0.25, 0.3) is 0 Å². The van der Waals surface area contributed by atoms with Gasteiger partial charge in [-0.2, -0.15) is 5.26 Å². The van der Waals surface area contributed by atoms with Crippen LogP contribution in [-0.4, -0.2) is 36.4 Å². The molecule has 2 amide bonds. The molecule has 6 nitrogen and oxygen atoms in total. The van der Waals surface area contributed by atoms with Gasteiger partial charge in [0, 0.05) is 12.2 Å². The van der Waals surface area contributed by atoms with E-state index in [-0.39, 0.29) is 24.7 Å². The molecule has 8 heteroatoms. The van der Waals surface area contributed by atoms with Crippen molar-refractivity contribution in [1.29, 1.82) is 5.26 Å². The van der Waals surface area contributed by atoms with Crippen LogP contribution in [0.3, 0.4) is 0 Å². The SMILES string of the molecule is N#Cc1cccc(NC(=O)C(=O)N2CCO[C@@H](c3ccc(F)c(Cl)c3)C2)c1. The molecule has 1 aliphatic rings. The summed E-state index contributed by atoms with van der Waals surface area (Å²) in [6.07, 6.45) is -0.504. The highest BCUT2D eigenvalue weighted by atomic mass is 35.5. The van der Waals surface area contributed by atoms with Crippen molar-refractivity contribution in [3.8, 4) is 6.07 Å². The largest absolute Gasteiger partial charge is 0.370 e. The van der Waals surface area contributed by atoms with Crippen molar-refractivity contribution in [2.45, 2.75) is 6.10 Å². The molecule has 27 heavy (non-hydrogen) atoms. The van der Waals surface area contributed by atoms with Crippen molar-refractivity contribution in [2.75, 3.05) is 25.0 Å². The summed E-state index contributed by atoms with van der Waals surface area (Å²) < 4.78 is 19.0. The highest BCUT2D eigenvalue weighted by Gasteiger charge is 2.29. The average Bonchev–Trinajstić information content (AvgIpc) is 2.69. The maximum absolute atomic E-state index is 13.3. The molecule has 1 atom stereocenters. The summed E-state index contributed by atoms with van der Waals surface area (Å²) >= 11 is 5.80. The van der Waals surface area contributed by atoms with E-state index in [0.717, 1.165) is 0 Å². The average molecular weight is 388 g/mol. The van der Waals surface area contributed by atoms with Crippen LogP contribution in [0.4, 0.5) is 10.1 Å². The second-order valence-electron chi connectivity index (χ2n) is 5.93. The number of carbonyl (C=O) groups is 2. The standard InChI is InChI=1S/C19H15ClFN3O3/c20-15-9-13(4-5-16(15)21)17-11-24(6-7-27-17)19(26)18(25)23-14-3-1-2-12(8-14)10-22/h1-5,8-9,17H,6-7,11H2,(H,23,25)/t17-/m1/s1. The number of amides is 2.